The second-order valence-corrected chi connectivity index (χ2v) is 24.1. The van der Waals surface area contributed by atoms with Crippen LogP contribution in [0.25, 0.3) is 0 Å². The highest BCUT2D eigenvalue weighted by Gasteiger charge is 2.19. The average Bonchev–Trinajstić information content (AvgIpc) is 3.46. The fourth-order valence-electron chi connectivity index (χ4n) is 10.7. The van der Waals surface area contributed by atoms with E-state index in [4.69, 9.17) is 14.2 Å². The van der Waals surface area contributed by atoms with Crippen molar-refractivity contribution < 1.29 is 28.6 Å². The van der Waals surface area contributed by atoms with E-state index in [1.54, 1.807) is 0 Å². The van der Waals surface area contributed by atoms with E-state index in [9.17, 15) is 14.4 Å². The maximum Gasteiger partial charge on any atom is 0.306 e. The molecule has 1 atom stereocenters. The number of hydrogen-bond acceptors (Lipinski definition) is 6. The maximum atomic E-state index is 12.9. The highest BCUT2D eigenvalue weighted by molar-refractivity contribution is 5.71. The number of carbonyl (C=O) groups is 3. The van der Waals surface area contributed by atoms with E-state index < -0.39 is 6.10 Å². The Hall–Kier alpha value is -2.63. The predicted octanol–water partition coefficient (Wildman–Crippen LogP) is 24.5. The summed E-state index contributed by atoms with van der Waals surface area (Å²) < 4.78 is 17.0. The minimum absolute atomic E-state index is 0.0773. The molecule has 0 aliphatic carbocycles. The monoisotopic (exact) mass is 1120 g/mol. The zero-order valence-electron chi connectivity index (χ0n) is 53.9. The molecular formula is C74H136O6. The van der Waals surface area contributed by atoms with E-state index in [-0.39, 0.29) is 31.1 Å². The molecule has 0 spiro atoms. The molecule has 0 saturated carbocycles. The molecule has 0 aromatic rings. The van der Waals surface area contributed by atoms with Crippen molar-refractivity contribution in [2.75, 3.05) is 13.2 Å². The van der Waals surface area contributed by atoms with Gasteiger partial charge in [0.15, 0.2) is 6.10 Å². The first-order valence-corrected chi connectivity index (χ1v) is 35.6. The number of carbonyl (C=O) groups excluding carboxylic acids is 3. The van der Waals surface area contributed by atoms with Gasteiger partial charge in [0.05, 0.1) is 0 Å². The summed E-state index contributed by atoms with van der Waals surface area (Å²) in [5.41, 5.74) is 0. The topological polar surface area (TPSA) is 78.9 Å². The van der Waals surface area contributed by atoms with E-state index in [0.29, 0.717) is 19.3 Å². The van der Waals surface area contributed by atoms with Crippen molar-refractivity contribution in [2.45, 2.75) is 393 Å². The molecule has 0 amide bonds. The van der Waals surface area contributed by atoms with E-state index in [1.807, 2.05) is 0 Å². The summed E-state index contributed by atoms with van der Waals surface area (Å²) in [4.78, 5) is 38.4. The van der Waals surface area contributed by atoms with Gasteiger partial charge in [-0.2, -0.15) is 0 Å². The third-order valence-electron chi connectivity index (χ3n) is 16.1. The normalized spacial score (nSPS) is 12.3. The first-order chi connectivity index (χ1) is 39.5. The van der Waals surface area contributed by atoms with Crippen LogP contribution < -0.4 is 0 Å². The Morgan fingerprint density at radius 3 is 0.738 bits per heavy atom. The Morgan fingerprint density at radius 1 is 0.250 bits per heavy atom. The molecule has 0 aromatic carbocycles. The van der Waals surface area contributed by atoms with Gasteiger partial charge >= 0.3 is 17.9 Å². The first-order valence-electron chi connectivity index (χ1n) is 35.6. The van der Waals surface area contributed by atoms with Crippen molar-refractivity contribution >= 4 is 17.9 Å². The zero-order chi connectivity index (χ0) is 57.8. The van der Waals surface area contributed by atoms with Crippen molar-refractivity contribution in [1.82, 2.24) is 0 Å². The van der Waals surface area contributed by atoms with Gasteiger partial charge in [-0.05, 0) is 77.0 Å². The van der Waals surface area contributed by atoms with Gasteiger partial charge in [0.25, 0.3) is 0 Å². The van der Waals surface area contributed by atoms with Crippen molar-refractivity contribution in [2.24, 2.45) is 0 Å². The molecule has 1 unspecified atom stereocenters. The number of rotatable bonds is 66. The van der Waals surface area contributed by atoms with Crippen molar-refractivity contribution in [1.29, 1.82) is 0 Å². The molecule has 6 nitrogen and oxygen atoms in total. The van der Waals surface area contributed by atoms with Gasteiger partial charge in [0, 0.05) is 19.3 Å². The molecule has 0 fully saturated rings. The van der Waals surface area contributed by atoms with Gasteiger partial charge < -0.3 is 14.2 Å². The highest BCUT2D eigenvalue weighted by Crippen LogP contribution is 2.18. The second kappa shape index (κ2) is 68.9. The smallest absolute Gasteiger partial charge is 0.306 e. The zero-order valence-corrected chi connectivity index (χ0v) is 53.9. The maximum absolute atomic E-state index is 12.9. The first kappa shape index (κ1) is 77.4. The molecule has 0 aliphatic heterocycles. The van der Waals surface area contributed by atoms with Crippen molar-refractivity contribution in [3.63, 3.8) is 0 Å². The Kier molecular flexibility index (Phi) is 66.6. The Labute approximate surface area is 498 Å². The number of unbranched alkanes of at least 4 members (excludes halogenated alkanes) is 47. The van der Waals surface area contributed by atoms with Gasteiger partial charge in [0.2, 0.25) is 0 Å². The predicted molar refractivity (Wildman–Crippen MR) is 349 cm³/mol. The van der Waals surface area contributed by atoms with Gasteiger partial charge in [-0.25, -0.2) is 0 Å². The van der Waals surface area contributed by atoms with Crippen LogP contribution in [0.2, 0.25) is 0 Å². The molecule has 80 heavy (non-hydrogen) atoms. The van der Waals surface area contributed by atoms with Gasteiger partial charge in [-0.15, -0.1) is 0 Å². The standard InChI is InChI=1S/C74H136O6/c1-4-7-10-13-16-19-22-25-28-30-32-33-34-35-36-37-38-39-40-41-42-43-45-46-49-52-55-58-61-64-67-73(76)79-70-71(69-78-72(75)66-63-60-57-54-51-48-27-24-21-18-15-12-9-6-3)80-74(77)68-65-62-59-56-53-50-47-44-31-29-26-23-20-17-14-11-8-5-2/h15,18,20,23-24,27,29,31,71H,4-14,16-17,19,21-22,25-26,28,30,32-70H2,1-3H3/b18-15-,23-20-,27-24-,31-29-. The van der Waals surface area contributed by atoms with Crippen LogP contribution in [0.3, 0.4) is 0 Å². The van der Waals surface area contributed by atoms with E-state index in [0.717, 1.165) is 89.9 Å². The summed E-state index contributed by atoms with van der Waals surface area (Å²) in [5.74, 6) is -0.876. The van der Waals surface area contributed by atoms with E-state index >= 15 is 0 Å². The Morgan fingerprint density at radius 2 is 0.463 bits per heavy atom. The number of ether oxygens (including phenoxy) is 3. The van der Waals surface area contributed by atoms with Crippen molar-refractivity contribution in [3.05, 3.63) is 48.6 Å². The van der Waals surface area contributed by atoms with Crippen LogP contribution in [-0.2, 0) is 28.6 Å². The van der Waals surface area contributed by atoms with E-state index in [2.05, 4.69) is 69.4 Å². The van der Waals surface area contributed by atoms with Crippen LogP contribution in [0, 0.1) is 0 Å². The SMILES string of the molecule is CCCC/C=C\C/C=C\CCCCCCCC(=O)OCC(COC(=O)CCCCCCCCCCCCCCCCCCCCCCCCCCCCCCCC)OC(=O)CCCCCCCCC/C=C\C/C=C\CCCCCC. The molecule has 0 saturated heterocycles. The Balaban J connectivity index is 4.19. The van der Waals surface area contributed by atoms with Crippen LogP contribution in [0.5, 0.6) is 0 Å². The number of esters is 3. The summed E-state index contributed by atoms with van der Waals surface area (Å²) in [7, 11) is 0. The Bertz CT molecular complexity index is 1380. The van der Waals surface area contributed by atoms with Crippen LogP contribution in [0.15, 0.2) is 48.6 Å². The average molecular weight is 1120 g/mol. The third kappa shape index (κ3) is 66.2. The highest BCUT2D eigenvalue weighted by atomic mass is 16.6. The lowest BCUT2D eigenvalue weighted by molar-refractivity contribution is -0.167. The summed E-state index contributed by atoms with van der Waals surface area (Å²) in [6, 6.07) is 0. The van der Waals surface area contributed by atoms with Gasteiger partial charge in [-0.1, -0.05) is 339 Å². The molecular weight excluding hydrogens is 985 g/mol. The molecule has 0 aromatic heterocycles. The lowest BCUT2D eigenvalue weighted by atomic mass is 10.0. The van der Waals surface area contributed by atoms with Gasteiger partial charge in [0.1, 0.15) is 13.2 Å². The third-order valence-corrected chi connectivity index (χ3v) is 16.1. The summed E-state index contributed by atoms with van der Waals surface area (Å²) in [6.45, 7) is 6.63. The minimum Gasteiger partial charge on any atom is -0.462 e. The molecule has 0 rings (SSSR count). The molecule has 468 valence electrons. The summed E-state index contributed by atoms with van der Waals surface area (Å²) in [5, 5.41) is 0. The molecule has 6 heteroatoms. The summed E-state index contributed by atoms with van der Waals surface area (Å²) in [6.07, 6.45) is 87.2. The molecule has 0 N–H and O–H groups in total. The quantitative estimate of drug-likeness (QED) is 0.0261. The van der Waals surface area contributed by atoms with E-state index in [1.165, 1.54) is 257 Å². The van der Waals surface area contributed by atoms with Crippen LogP contribution in [0.1, 0.15) is 387 Å². The van der Waals surface area contributed by atoms with Crippen molar-refractivity contribution in [3.8, 4) is 0 Å². The largest absolute Gasteiger partial charge is 0.462 e. The fraction of sp³-hybridized carbons (Fsp3) is 0.851. The molecule has 0 radical (unpaired) electrons. The van der Waals surface area contributed by atoms with Crippen LogP contribution in [-0.4, -0.2) is 37.2 Å². The lowest BCUT2D eigenvalue weighted by Gasteiger charge is -2.18. The summed E-state index contributed by atoms with van der Waals surface area (Å²) >= 11 is 0. The van der Waals surface area contributed by atoms with Crippen LogP contribution in [0.4, 0.5) is 0 Å². The minimum atomic E-state index is -0.783. The van der Waals surface area contributed by atoms with Crippen LogP contribution >= 0.6 is 0 Å². The lowest BCUT2D eigenvalue weighted by Crippen LogP contribution is -2.30. The van der Waals surface area contributed by atoms with Gasteiger partial charge in [-0.3, -0.25) is 14.4 Å². The molecule has 0 bridgehead atoms. The number of allylic oxidation sites excluding steroid dienone is 8. The fourth-order valence-corrected chi connectivity index (χ4v) is 10.7. The molecule has 0 aliphatic rings. The number of hydrogen-bond donors (Lipinski definition) is 0. The molecule has 0 heterocycles. The second-order valence-electron chi connectivity index (χ2n) is 24.1.